The number of nitrogens with zero attached hydrogens (tertiary/aromatic N) is 2. The second-order valence-electron chi connectivity index (χ2n) is 8.47. The van der Waals surface area contributed by atoms with Gasteiger partial charge in [0.05, 0.1) is 0 Å². The molecule has 0 aliphatic heterocycles. The van der Waals surface area contributed by atoms with E-state index in [1.165, 1.54) is 19.1 Å². The van der Waals surface area contributed by atoms with Crippen LogP contribution in [0.4, 0.5) is 16.0 Å². The molecule has 0 saturated heterocycles. The molecule has 37 heavy (non-hydrogen) atoms. The third-order valence-electron chi connectivity index (χ3n) is 5.79. The van der Waals surface area contributed by atoms with Crippen molar-refractivity contribution in [3.05, 3.63) is 83.7 Å². The molecule has 0 spiro atoms. The molecule has 0 fully saturated rings. The van der Waals surface area contributed by atoms with Gasteiger partial charge in [-0.1, -0.05) is 54.6 Å². The summed E-state index contributed by atoms with van der Waals surface area (Å²) in [5.41, 5.74) is 2.11. The van der Waals surface area contributed by atoms with E-state index in [1.807, 2.05) is 37.3 Å². The summed E-state index contributed by atoms with van der Waals surface area (Å²) >= 11 is 0. The van der Waals surface area contributed by atoms with Crippen molar-refractivity contribution in [1.82, 2.24) is 20.6 Å². The summed E-state index contributed by atoms with van der Waals surface area (Å²) in [5, 5.41) is 13.2. The molecule has 2 amide bonds. The van der Waals surface area contributed by atoms with Crippen LogP contribution < -0.4 is 21.3 Å². The molecule has 4 rings (SSSR count). The highest BCUT2D eigenvalue weighted by Gasteiger charge is 2.14. The smallest absolute Gasteiger partial charge is 0.251 e. The number of carbonyl (C=O) groups is 2. The van der Waals surface area contributed by atoms with Crippen LogP contribution in [-0.2, 0) is 4.79 Å². The predicted octanol–water partition coefficient (Wildman–Crippen LogP) is 4.13. The molecular formula is C28H29FN6O2. The third kappa shape index (κ3) is 6.38. The van der Waals surface area contributed by atoms with Crippen LogP contribution in [0, 0.1) is 12.7 Å². The van der Waals surface area contributed by atoms with Crippen molar-refractivity contribution < 1.29 is 14.0 Å². The topological polar surface area (TPSA) is 108 Å². The molecule has 1 heterocycles. The van der Waals surface area contributed by atoms with Crippen molar-refractivity contribution in [2.45, 2.75) is 13.8 Å². The summed E-state index contributed by atoms with van der Waals surface area (Å²) in [6, 6.07) is 19.4. The van der Waals surface area contributed by atoms with Gasteiger partial charge in [-0.3, -0.25) is 9.59 Å². The third-order valence-corrected chi connectivity index (χ3v) is 5.79. The van der Waals surface area contributed by atoms with Crippen molar-refractivity contribution in [2.75, 3.05) is 36.8 Å². The number of amides is 2. The summed E-state index contributed by atoms with van der Waals surface area (Å²) in [6.45, 7) is 5.10. The van der Waals surface area contributed by atoms with Gasteiger partial charge < -0.3 is 21.3 Å². The Kier molecular flexibility index (Phi) is 8.25. The van der Waals surface area contributed by atoms with E-state index >= 15 is 0 Å². The first kappa shape index (κ1) is 25.6. The maximum absolute atomic E-state index is 14.1. The molecule has 4 N–H and O–H groups in total. The van der Waals surface area contributed by atoms with E-state index in [4.69, 9.17) is 4.98 Å². The Morgan fingerprint density at radius 3 is 2.00 bits per heavy atom. The number of hydrogen-bond acceptors (Lipinski definition) is 6. The summed E-state index contributed by atoms with van der Waals surface area (Å²) < 4.78 is 14.1. The van der Waals surface area contributed by atoms with Crippen molar-refractivity contribution in [3.63, 3.8) is 0 Å². The van der Waals surface area contributed by atoms with Gasteiger partial charge in [0.25, 0.3) is 5.91 Å². The quantitative estimate of drug-likeness (QED) is 0.244. The molecule has 0 unspecified atom stereocenters. The molecule has 0 atom stereocenters. The van der Waals surface area contributed by atoms with Crippen molar-refractivity contribution in [1.29, 1.82) is 0 Å². The highest BCUT2D eigenvalue weighted by Crippen LogP contribution is 2.25. The van der Waals surface area contributed by atoms with E-state index in [9.17, 15) is 14.0 Å². The highest BCUT2D eigenvalue weighted by atomic mass is 19.1. The van der Waals surface area contributed by atoms with Gasteiger partial charge in [-0.2, -0.15) is 0 Å². The fourth-order valence-corrected chi connectivity index (χ4v) is 3.91. The zero-order valence-corrected chi connectivity index (χ0v) is 20.8. The molecule has 4 aromatic rings. The molecule has 3 aromatic carbocycles. The van der Waals surface area contributed by atoms with Crippen LogP contribution in [0.25, 0.3) is 22.2 Å². The second-order valence-corrected chi connectivity index (χ2v) is 8.47. The number of carbonyl (C=O) groups excluding carboxylic acids is 2. The predicted molar refractivity (Wildman–Crippen MR) is 144 cm³/mol. The first-order valence-electron chi connectivity index (χ1n) is 12.1. The van der Waals surface area contributed by atoms with E-state index < -0.39 is 0 Å². The Bertz CT molecular complexity index is 1410. The Morgan fingerprint density at radius 2 is 1.35 bits per heavy atom. The summed E-state index contributed by atoms with van der Waals surface area (Å²) in [7, 11) is 0. The molecule has 9 heteroatoms. The van der Waals surface area contributed by atoms with Crippen molar-refractivity contribution >= 4 is 34.2 Å². The number of fused-ring (bicyclic) bond motifs is 1. The first-order valence-corrected chi connectivity index (χ1v) is 12.1. The van der Waals surface area contributed by atoms with E-state index in [2.05, 4.69) is 26.3 Å². The van der Waals surface area contributed by atoms with E-state index in [0.29, 0.717) is 60.0 Å². The molecular weight excluding hydrogens is 471 g/mol. The molecule has 1 aromatic heterocycles. The molecule has 0 aliphatic rings. The number of hydrogen-bond donors (Lipinski definition) is 4. The van der Waals surface area contributed by atoms with Crippen molar-refractivity contribution in [2.24, 2.45) is 0 Å². The summed E-state index contributed by atoms with van der Waals surface area (Å²) in [4.78, 5) is 33.3. The van der Waals surface area contributed by atoms with Crippen LogP contribution in [0.15, 0.2) is 66.7 Å². The largest absolute Gasteiger partial charge is 0.368 e. The van der Waals surface area contributed by atoms with Crippen LogP contribution in [0.5, 0.6) is 0 Å². The van der Waals surface area contributed by atoms with Gasteiger partial charge >= 0.3 is 0 Å². The number of nitrogens with one attached hydrogen (secondary N) is 4. The minimum Gasteiger partial charge on any atom is -0.368 e. The summed E-state index contributed by atoms with van der Waals surface area (Å²) in [6.07, 6.45) is 0. The Morgan fingerprint density at radius 1 is 0.757 bits per heavy atom. The molecule has 0 radical (unpaired) electrons. The lowest BCUT2D eigenvalue weighted by Gasteiger charge is -2.16. The van der Waals surface area contributed by atoms with Gasteiger partial charge in [0.1, 0.15) is 17.5 Å². The lowest BCUT2D eigenvalue weighted by molar-refractivity contribution is -0.118. The number of halogens is 1. The Labute approximate surface area is 214 Å². The normalized spacial score (nSPS) is 10.7. The molecule has 0 bridgehead atoms. The van der Waals surface area contributed by atoms with Gasteiger partial charge in [0.15, 0.2) is 5.82 Å². The van der Waals surface area contributed by atoms with Gasteiger partial charge in [0, 0.05) is 55.2 Å². The number of benzene rings is 3. The van der Waals surface area contributed by atoms with Crippen LogP contribution in [-0.4, -0.2) is 48.0 Å². The van der Waals surface area contributed by atoms with Gasteiger partial charge in [-0.05, 0) is 24.4 Å². The van der Waals surface area contributed by atoms with E-state index in [1.54, 1.807) is 24.3 Å². The van der Waals surface area contributed by atoms with E-state index in [-0.39, 0.29) is 17.6 Å². The van der Waals surface area contributed by atoms with E-state index in [0.717, 1.165) is 11.1 Å². The molecule has 190 valence electrons. The monoisotopic (exact) mass is 500 g/mol. The highest BCUT2D eigenvalue weighted by molar-refractivity contribution is 6.07. The Hall–Kier alpha value is -4.53. The number of aromatic nitrogens is 2. The van der Waals surface area contributed by atoms with Gasteiger partial charge in [-0.15, -0.1) is 0 Å². The standard InChI is InChI=1S/C28H29FN6O2/c1-18-25(31-15-14-30-19(2)36)34-27(20-8-4-3-5-9-20)35-26(18)32-16-17-33-28(37)23-12-13-24(29)22-11-7-6-10-21(22)23/h3-13H,14-17H2,1-2H3,(H,30,36)(H,33,37)(H2,31,32,34,35). The van der Waals surface area contributed by atoms with Crippen LogP contribution in [0.1, 0.15) is 22.8 Å². The van der Waals surface area contributed by atoms with Gasteiger partial charge in [0.2, 0.25) is 5.91 Å². The van der Waals surface area contributed by atoms with Crippen LogP contribution in [0.2, 0.25) is 0 Å². The average molecular weight is 501 g/mol. The number of anilines is 2. The minimum absolute atomic E-state index is 0.0933. The zero-order valence-electron chi connectivity index (χ0n) is 20.8. The lowest BCUT2D eigenvalue weighted by Crippen LogP contribution is -2.29. The lowest BCUT2D eigenvalue weighted by atomic mass is 10.0. The zero-order chi connectivity index (χ0) is 26.2. The summed E-state index contributed by atoms with van der Waals surface area (Å²) in [5.74, 6) is 1.12. The van der Waals surface area contributed by atoms with Crippen LogP contribution >= 0.6 is 0 Å². The molecule has 8 nitrogen and oxygen atoms in total. The fraction of sp³-hybridized carbons (Fsp3) is 0.214. The first-order chi connectivity index (χ1) is 17.9. The van der Waals surface area contributed by atoms with Crippen molar-refractivity contribution in [3.8, 4) is 11.4 Å². The number of rotatable bonds is 10. The second kappa shape index (κ2) is 11.9. The fourth-order valence-electron chi connectivity index (χ4n) is 3.91. The van der Waals surface area contributed by atoms with Gasteiger partial charge in [-0.25, -0.2) is 14.4 Å². The molecule has 0 aliphatic carbocycles. The molecule has 0 saturated carbocycles. The average Bonchev–Trinajstić information content (AvgIpc) is 2.91. The SMILES string of the molecule is CC(=O)NCCNc1nc(-c2ccccc2)nc(NCCNC(=O)c2ccc(F)c3ccccc23)c1C. The van der Waals surface area contributed by atoms with Crippen LogP contribution in [0.3, 0.4) is 0 Å². The maximum atomic E-state index is 14.1. The maximum Gasteiger partial charge on any atom is 0.251 e. The Balaban J connectivity index is 1.45. The minimum atomic E-state index is -0.358.